The van der Waals surface area contributed by atoms with Crippen molar-refractivity contribution in [2.24, 2.45) is 0 Å². The van der Waals surface area contributed by atoms with Crippen LogP contribution in [0.1, 0.15) is 49.2 Å². The van der Waals surface area contributed by atoms with Crippen LogP contribution in [0.25, 0.3) is 0 Å². The molecule has 162 valence electrons. The highest BCUT2D eigenvalue weighted by atomic mass is 16.5. The molecule has 0 atom stereocenters. The minimum Gasteiger partial charge on any atom is -0.494 e. The summed E-state index contributed by atoms with van der Waals surface area (Å²) < 4.78 is 11.1. The third-order valence-electron chi connectivity index (χ3n) is 4.46. The van der Waals surface area contributed by atoms with Gasteiger partial charge in [-0.2, -0.15) is 0 Å². The molecule has 0 aliphatic heterocycles. The summed E-state index contributed by atoms with van der Waals surface area (Å²) in [5, 5.41) is 5.54. The lowest BCUT2D eigenvalue weighted by Gasteiger charge is -2.23. The van der Waals surface area contributed by atoms with Crippen molar-refractivity contribution in [1.82, 2.24) is 10.6 Å². The van der Waals surface area contributed by atoms with Crippen molar-refractivity contribution in [3.63, 3.8) is 0 Å². The maximum absolute atomic E-state index is 12.1. The van der Waals surface area contributed by atoms with Crippen LogP contribution >= 0.6 is 0 Å². The molecule has 2 aromatic carbocycles. The van der Waals surface area contributed by atoms with Crippen LogP contribution in [0.15, 0.2) is 42.5 Å². The summed E-state index contributed by atoms with van der Waals surface area (Å²) in [6.45, 7) is 11.4. The summed E-state index contributed by atoms with van der Waals surface area (Å²) in [7, 11) is 0. The molecule has 0 aliphatic rings. The Labute approximate surface area is 179 Å². The summed E-state index contributed by atoms with van der Waals surface area (Å²) in [5.74, 6) is 1.01. The molecule has 0 bridgehead atoms. The highest BCUT2D eigenvalue weighted by Crippen LogP contribution is 2.32. The van der Waals surface area contributed by atoms with Gasteiger partial charge >= 0.3 is 0 Å². The van der Waals surface area contributed by atoms with Crippen LogP contribution in [0.4, 0.5) is 0 Å². The zero-order chi connectivity index (χ0) is 22.1. The summed E-state index contributed by atoms with van der Waals surface area (Å²) >= 11 is 0. The van der Waals surface area contributed by atoms with Crippen LogP contribution in [-0.2, 0) is 10.2 Å². The fourth-order valence-corrected chi connectivity index (χ4v) is 2.90. The van der Waals surface area contributed by atoms with Crippen LogP contribution in [0.3, 0.4) is 0 Å². The fourth-order valence-electron chi connectivity index (χ4n) is 2.90. The molecule has 2 amide bonds. The second-order valence-electron chi connectivity index (χ2n) is 8.10. The van der Waals surface area contributed by atoms with Gasteiger partial charge in [0, 0.05) is 18.7 Å². The van der Waals surface area contributed by atoms with Crippen LogP contribution in [0.2, 0.25) is 0 Å². The number of rotatable bonds is 9. The van der Waals surface area contributed by atoms with Crippen LogP contribution in [0, 0.1) is 6.92 Å². The zero-order valence-corrected chi connectivity index (χ0v) is 18.5. The SMILES string of the molecule is CCOc1ccc(C(=O)NCCNC(=O)COc2ccc(C)cc2C(C)(C)C)cc1. The van der Waals surface area contributed by atoms with E-state index in [4.69, 9.17) is 9.47 Å². The van der Waals surface area contributed by atoms with Gasteiger partial charge in [-0.1, -0.05) is 38.5 Å². The monoisotopic (exact) mass is 412 g/mol. The lowest BCUT2D eigenvalue weighted by Crippen LogP contribution is -2.36. The van der Waals surface area contributed by atoms with Gasteiger partial charge in [-0.05, 0) is 55.2 Å². The van der Waals surface area contributed by atoms with Gasteiger partial charge in [-0.15, -0.1) is 0 Å². The van der Waals surface area contributed by atoms with Crippen molar-refractivity contribution in [2.75, 3.05) is 26.3 Å². The van der Waals surface area contributed by atoms with Gasteiger partial charge in [0.2, 0.25) is 0 Å². The van der Waals surface area contributed by atoms with Crippen LogP contribution in [-0.4, -0.2) is 38.1 Å². The number of nitrogens with one attached hydrogen (secondary N) is 2. The normalized spacial score (nSPS) is 11.0. The Bertz CT molecular complexity index is 854. The number of ether oxygens (including phenoxy) is 2. The van der Waals surface area contributed by atoms with Crippen LogP contribution < -0.4 is 20.1 Å². The standard InChI is InChI=1S/C24H32N2O4/c1-6-29-19-10-8-18(9-11-19)23(28)26-14-13-25-22(27)16-30-21-12-7-17(2)15-20(21)24(3,4)5/h7-12,15H,6,13-14,16H2,1-5H3,(H,25,27)(H,26,28). The summed E-state index contributed by atoms with van der Waals surface area (Å²) in [5.41, 5.74) is 2.68. The zero-order valence-electron chi connectivity index (χ0n) is 18.5. The molecule has 0 saturated heterocycles. The van der Waals surface area contributed by atoms with Gasteiger partial charge < -0.3 is 20.1 Å². The van der Waals surface area contributed by atoms with E-state index in [1.54, 1.807) is 24.3 Å². The van der Waals surface area contributed by atoms with Crippen LogP contribution in [0.5, 0.6) is 11.5 Å². The van der Waals surface area contributed by atoms with Gasteiger partial charge in [-0.25, -0.2) is 0 Å². The predicted molar refractivity (Wildman–Crippen MR) is 118 cm³/mol. The molecule has 0 saturated carbocycles. The predicted octanol–water partition coefficient (Wildman–Crippen LogP) is 3.62. The van der Waals surface area contributed by atoms with E-state index < -0.39 is 0 Å². The average molecular weight is 413 g/mol. The molecule has 6 nitrogen and oxygen atoms in total. The number of amides is 2. The maximum Gasteiger partial charge on any atom is 0.258 e. The molecule has 0 radical (unpaired) electrons. The molecule has 6 heteroatoms. The van der Waals surface area contributed by atoms with E-state index in [1.807, 2.05) is 26.0 Å². The average Bonchev–Trinajstić information content (AvgIpc) is 2.70. The van der Waals surface area contributed by atoms with Gasteiger partial charge in [0.15, 0.2) is 6.61 Å². The Balaban J connectivity index is 1.75. The molecule has 2 aromatic rings. The Morgan fingerprint density at radius 1 is 0.933 bits per heavy atom. The van der Waals surface area contributed by atoms with Crippen molar-refractivity contribution < 1.29 is 19.1 Å². The first-order valence-corrected chi connectivity index (χ1v) is 10.2. The van der Waals surface area contributed by atoms with Gasteiger partial charge in [0.1, 0.15) is 11.5 Å². The largest absolute Gasteiger partial charge is 0.494 e. The number of hydrogen-bond acceptors (Lipinski definition) is 4. The fraction of sp³-hybridized carbons (Fsp3) is 0.417. The minimum absolute atomic E-state index is 0.0705. The molecule has 30 heavy (non-hydrogen) atoms. The molecule has 0 aliphatic carbocycles. The third kappa shape index (κ3) is 7.10. The summed E-state index contributed by atoms with van der Waals surface area (Å²) in [6, 6.07) is 12.9. The third-order valence-corrected chi connectivity index (χ3v) is 4.46. The number of benzene rings is 2. The number of carbonyl (C=O) groups excluding carboxylic acids is 2. The molecule has 0 aromatic heterocycles. The molecular formula is C24H32N2O4. The molecule has 2 N–H and O–H groups in total. The number of aryl methyl sites for hydroxylation is 1. The maximum atomic E-state index is 12.1. The van der Waals surface area contributed by atoms with E-state index in [-0.39, 0.29) is 23.8 Å². The van der Waals surface area contributed by atoms with Gasteiger partial charge in [0.05, 0.1) is 6.61 Å². The lowest BCUT2D eigenvalue weighted by molar-refractivity contribution is -0.123. The van der Waals surface area contributed by atoms with E-state index in [1.165, 1.54) is 0 Å². The Morgan fingerprint density at radius 2 is 1.60 bits per heavy atom. The highest BCUT2D eigenvalue weighted by Gasteiger charge is 2.19. The summed E-state index contributed by atoms with van der Waals surface area (Å²) in [6.07, 6.45) is 0. The molecule has 0 unspecified atom stereocenters. The van der Waals surface area contributed by atoms with Crippen molar-refractivity contribution >= 4 is 11.8 Å². The molecule has 0 spiro atoms. The van der Waals surface area contributed by atoms with E-state index in [2.05, 4.69) is 37.5 Å². The molecular weight excluding hydrogens is 380 g/mol. The molecule has 0 fully saturated rings. The first-order valence-electron chi connectivity index (χ1n) is 10.2. The van der Waals surface area contributed by atoms with Crippen molar-refractivity contribution in [3.8, 4) is 11.5 Å². The second kappa shape index (κ2) is 10.7. The van der Waals surface area contributed by atoms with Crippen molar-refractivity contribution in [1.29, 1.82) is 0 Å². The highest BCUT2D eigenvalue weighted by molar-refractivity contribution is 5.94. The Hall–Kier alpha value is -3.02. The second-order valence-corrected chi connectivity index (χ2v) is 8.10. The lowest BCUT2D eigenvalue weighted by atomic mass is 9.85. The quantitative estimate of drug-likeness (QED) is 0.617. The topological polar surface area (TPSA) is 76.7 Å². The number of hydrogen-bond donors (Lipinski definition) is 2. The smallest absolute Gasteiger partial charge is 0.258 e. The van der Waals surface area contributed by atoms with Crippen molar-refractivity contribution in [2.45, 2.75) is 40.0 Å². The number of carbonyl (C=O) groups is 2. The van der Waals surface area contributed by atoms with E-state index in [0.717, 1.165) is 16.9 Å². The molecule has 0 heterocycles. The van der Waals surface area contributed by atoms with Gasteiger partial charge in [-0.3, -0.25) is 9.59 Å². The van der Waals surface area contributed by atoms with E-state index in [0.29, 0.717) is 31.0 Å². The van der Waals surface area contributed by atoms with Crippen molar-refractivity contribution in [3.05, 3.63) is 59.2 Å². The Kier molecular flexibility index (Phi) is 8.27. The Morgan fingerprint density at radius 3 is 2.23 bits per heavy atom. The first kappa shape index (κ1) is 23.3. The van der Waals surface area contributed by atoms with Gasteiger partial charge in [0.25, 0.3) is 11.8 Å². The molecule has 2 rings (SSSR count). The summed E-state index contributed by atoms with van der Waals surface area (Å²) in [4.78, 5) is 24.2. The first-order chi connectivity index (χ1) is 14.2. The minimum atomic E-state index is -0.231. The van der Waals surface area contributed by atoms with E-state index in [9.17, 15) is 9.59 Å². The van der Waals surface area contributed by atoms with E-state index >= 15 is 0 Å².